The summed E-state index contributed by atoms with van der Waals surface area (Å²) in [6, 6.07) is 3.53. The van der Waals surface area contributed by atoms with Crippen LogP contribution >= 0.6 is 12.2 Å². The van der Waals surface area contributed by atoms with Gasteiger partial charge in [-0.1, -0.05) is 26.1 Å². The summed E-state index contributed by atoms with van der Waals surface area (Å²) in [6.07, 6.45) is 3.34. The quantitative estimate of drug-likeness (QED) is 0.781. The minimum Gasteiger partial charge on any atom is -0.389 e. The lowest BCUT2D eigenvalue weighted by molar-refractivity contribution is 0.0930. The summed E-state index contributed by atoms with van der Waals surface area (Å²) in [6.45, 7) is 4.08. The first kappa shape index (κ1) is 13.6. The molecule has 5 heteroatoms. The van der Waals surface area contributed by atoms with Crippen molar-refractivity contribution < 1.29 is 4.79 Å². The Morgan fingerprint density at radius 1 is 1.47 bits per heavy atom. The first-order valence-corrected chi connectivity index (χ1v) is 6.06. The maximum atomic E-state index is 11.8. The monoisotopic (exact) mass is 251 g/mol. The van der Waals surface area contributed by atoms with Gasteiger partial charge in [-0.3, -0.25) is 9.78 Å². The molecule has 1 rings (SSSR count). The van der Waals surface area contributed by atoms with Gasteiger partial charge in [-0.25, -0.2) is 0 Å². The maximum absolute atomic E-state index is 11.8. The van der Waals surface area contributed by atoms with E-state index in [1.165, 1.54) is 6.20 Å². The molecular formula is C12H17N3OS. The normalized spacial score (nSPS) is 10.3. The predicted molar refractivity (Wildman–Crippen MR) is 72.0 cm³/mol. The highest BCUT2D eigenvalue weighted by Gasteiger charge is 2.11. The molecule has 4 nitrogen and oxygen atoms in total. The van der Waals surface area contributed by atoms with E-state index in [9.17, 15) is 4.79 Å². The highest BCUT2D eigenvalue weighted by Crippen LogP contribution is 2.02. The van der Waals surface area contributed by atoms with E-state index in [1.54, 1.807) is 12.1 Å². The van der Waals surface area contributed by atoms with Gasteiger partial charge in [0.15, 0.2) is 0 Å². The molecule has 0 fully saturated rings. The molecule has 92 valence electrons. The van der Waals surface area contributed by atoms with E-state index in [0.717, 1.165) is 12.8 Å². The Kier molecular flexibility index (Phi) is 5.03. The number of nitrogens with one attached hydrogen (secondary N) is 1. The van der Waals surface area contributed by atoms with Crippen molar-refractivity contribution >= 4 is 23.1 Å². The van der Waals surface area contributed by atoms with Crippen molar-refractivity contribution in [3.8, 4) is 0 Å². The average molecular weight is 251 g/mol. The molecule has 1 aromatic rings. The fraction of sp³-hybridized carbons (Fsp3) is 0.417. The first-order chi connectivity index (χ1) is 8.08. The Morgan fingerprint density at radius 3 is 2.53 bits per heavy atom. The molecule has 0 aliphatic rings. The predicted octanol–water partition coefficient (Wildman–Crippen LogP) is 1.63. The Balaban J connectivity index is 2.73. The van der Waals surface area contributed by atoms with Gasteiger partial charge in [-0.2, -0.15) is 0 Å². The Hall–Kier alpha value is -1.49. The number of thiocarbonyl (C=S) groups is 1. The van der Waals surface area contributed by atoms with E-state index < -0.39 is 0 Å². The molecule has 0 spiro atoms. The summed E-state index contributed by atoms with van der Waals surface area (Å²) >= 11 is 4.82. The molecule has 3 N–H and O–H groups in total. The molecule has 0 radical (unpaired) electrons. The number of carbonyl (C=O) groups is 1. The second kappa shape index (κ2) is 6.30. The van der Waals surface area contributed by atoms with Crippen LogP contribution in [0.4, 0.5) is 0 Å². The number of amides is 1. The van der Waals surface area contributed by atoms with Gasteiger partial charge in [-0.15, -0.1) is 0 Å². The van der Waals surface area contributed by atoms with E-state index in [1.807, 2.05) is 13.8 Å². The van der Waals surface area contributed by atoms with E-state index in [-0.39, 0.29) is 16.9 Å². The molecule has 17 heavy (non-hydrogen) atoms. The number of pyridine rings is 1. The smallest absolute Gasteiger partial charge is 0.270 e. The van der Waals surface area contributed by atoms with Crippen LogP contribution in [0.15, 0.2) is 18.3 Å². The van der Waals surface area contributed by atoms with Crippen molar-refractivity contribution in [2.75, 3.05) is 0 Å². The molecule has 1 aromatic heterocycles. The fourth-order valence-corrected chi connectivity index (χ4v) is 1.55. The number of rotatable bonds is 5. The highest BCUT2D eigenvalue weighted by molar-refractivity contribution is 7.80. The van der Waals surface area contributed by atoms with Crippen molar-refractivity contribution in [1.29, 1.82) is 0 Å². The lowest BCUT2D eigenvalue weighted by Gasteiger charge is -2.14. The zero-order valence-electron chi connectivity index (χ0n) is 10.1. The van der Waals surface area contributed by atoms with Gasteiger partial charge in [-0.05, 0) is 25.0 Å². The third kappa shape index (κ3) is 3.78. The summed E-state index contributed by atoms with van der Waals surface area (Å²) in [5.41, 5.74) is 6.51. The van der Waals surface area contributed by atoms with E-state index in [0.29, 0.717) is 11.3 Å². The lowest BCUT2D eigenvalue weighted by atomic mass is 10.1. The van der Waals surface area contributed by atoms with Crippen molar-refractivity contribution in [1.82, 2.24) is 10.3 Å². The van der Waals surface area contributed by atoms with Gasteiger partial charge in [0.05, 0.1) is 0 Å². The minimum absolute atomic E-state index is 0.159. The molecular weight excluding hydrogens is 234 g/mol. The second-order valence-electron chi connectivity index (χ2n) is 3.78. The molecule has 0 unspecified atom stereocenters. The largest absolute Gasteiger partial charge is 0.389 e. The Labute approximate surface area is 107 Å². The van der Waals surface area contributed by atoms with E-state index in [2.05, 4.69) is 10.3 Å². The van der Waals surface area contributed by atoms with Crippen molar-refractivity contribution in [2.24, 2.45) is 5.73 Å². The van der Waals surface area contributed by atoms with Gasteiger partial charge < -0.3 is 11.1 Å². The van der Waals surface area contributed by atoms with Gasteiger partial charge in [0.25, 0.3) is 5.91 Å². The van der Waals surface area contributed by atoms with Gasteiger partial charge in [0.1, 0.15) is 10.7 Å². The van der Waals surface area contributed by atoms with E-state index in [4.69, 9.17) is 18.0 Å². The summed E-state index contributed by atoms with van der Waals surface area (Å²) in [4.78, 5) is 16.1. The van der Waals surface area contributed by atoms with Gasteiger partial charge in [0.2, 0.25) is 0 Å². The highest BCUT2D eigenvalue weighted by atomic mass is 32.1. The number of hydrogen-bond donors (Lipinski definition) is 2. The maximum Gasteiger partial charge on any atom is 0.270 e. The van der Waals surface area contributed by atoms with Crippen molar-refractivity contribution in [3.63, 3.8) is 0 Å². The molecule has 0 saturated carbocycles. The summed E-state index contributed by atoms with van der Waals surface area (Å²) in [7, 11) is 0. The number of hydrogen-bond acceptors (Lipinski definition) is 3. The minimum atomic E-state index is -0.159. The first-order valence-electron chi connectivity index (χ1n) is 5.65. The van der Waals surface area contributed by atoms with Crippen molar-refractivity contribution in [3.05, 3.63) is 29.6 Å². The Morgan fingerprint density at radius 2 is 2.12 bits per heavy atom. The van der Waals surface area contributed by atoms with E-state index >= 15 is 0 Å². The molecule has 1 heterocycles. The third-order valence-electron chi connectivity index (χ3n) is 2.60. The zero-order chi connectivity index (χ0) is 12.8. The van der Waals surface area contributed by atoms with Crippen molar-refractivity contribution in [2.45, 2.75) is 32.7 Å². The van der Waals surface area contributed by atoms with Crippen LogP contribution in [0.3, 0.4) is 0 Å². The van der Waals surface area contributed by atoms with Gasteiger partial charge in [0, 0.05) is 17.8 Å². The van der Waals surface area contributed by atoms with Crippen LogP contribution in [0, 0.1) is 0 Å². The number of aromatic nitrogens is 1. The topological polar surface area (TPSA) is 68.0 Å². The molecule has 1 amide bonds. The molecule has 0 saturated heterocycles. The Bertz CT molecular complexity index is 399. The van der Waals surface area contributed by atoms with Crippen LogP contribution < -0.4 is 11.1 Å². The molecule has 0 atom stereocenters. The molecule has 0 aliphatic carbocycles. The van der Waals surface area contributed by atoms with Crippen LogP contribution in [0.2, 0.25) is 0 Å². The number of nitrogens with two attached hydrogens (primary N) is 1. The number of carbonyl (C=O) groups excluding carboxylic acids is 1. The lowest BCUT2D eigenvalue weighted by Crippen LogP contribution is -2.34. The fourth-order valence-electron chi connectivity index (χ4n) is 1.43. The standard InChI is InChI=1S/C12H17N3OS/c1-3-9(4-2)15-12(16)10-6-5-8(7-14-10)11(13)17/h5-7,9H,3-4H2,1-2H3,(H2,13,17)(H,15,16). The third-order valence-corrected chi connectivity index (χ3v) is 2.84. The summed E-state index contributed by atoms with van der Waals surface area (Å²) in [5, 5.41) is 2.92. The SMILES string of the molecule is CCC(CC)NC(=O)c1ccc(C(N)=S)cn1. The average Bonchev–Trinajstić information content (AvgIpc) is 2.35. The van der Waals surface area contributed by atoms with Crippen LogP contribution in [0.5, 0.6) is 0 Å². The van der Waals surface area contributed by atoms with Crippen LogP contribution in [-0.4, -0.2) is 21.9 Å². The summed E-state index contributed by atoms with van der Waals surface area (Å²) < 4.78 is 0. The van der Waals surface area contributed by atoms with Crippen LogP contribution in [-0.2, 0) is 0 Å². The molecule has 0 aromatic carbocycles. The zero-order valence-corrected chi connectivity index (χ0v) is 10.9. The molecule has 0 bridgehead atoms. The molecule has 0 aliphatic heterocycles. The van der Waals surface area contributed by atoms with Crippen LogP contribution in [0.25, 0.3) is 0 Å². The summed E-state index contributed by atoms with van der Waals surface area (Å²) in [5.74, 6) is -0.159. The number of nitrogens with zero attached hydrogens (tertiary/aromatic N) is 1. The van der Waals surface area contributed by atoms with Gasteiger partial charge >= 0.3 is 0 Å². The van der Waals surface area contributed by atoms with Crippen LogP contribution in [0.1, 0.15) is 42.7 Å². The second-order valence-corrected chi connectivity index (χ2v) is 4.22.